The highest BCUT2D eigenvalue weighted by Gasteiger charge is 2.57. The van der Waals surface area contributed by atoms with Crippen LogP contribution in [0.3, 0.4) is 0 Å². The van der Waals surface area contributed by atoms with Crippen LogP contribution in [0, 0.1) is 0 Å². The number of ether oxygens (including phenoxy) is 3. The normalized spacial score (nSPS) is 38.5. The van der Waals surface area contributed by atoms with Crippen molar-refractivity contribution in [2.24, 2.45) is 5.11 Å². The summed E-state index contributed by atoms with van der Waals surface area (Å²) in [4.78, 5) is 13.6. The Morgan fingerprint density at radius 2 is 2.12 bits per heavy atom. The summed E-state index contributed by atoms with van der Waals surface area (Å²) in [5.74, 6) is -1.95. The molecule has 8 nitrogen and oxygen atoms in total. The van der Waals surface area contributed by atoms with Gasteiger partial charge in [0, 0.05) is 4.91 Å². The van der Waals surface area contributed by atoms with Crippen molar-refractivity contribution >= 4 is 5.97 Å². The fourth-order valence-electron chi connectivity index (χ4n) is 2.14. The second-order valence-electron chi connectivity index (χ2n) is 4.41. The number of azide groups is 1. The van der Waals surface area contributed by atoms with E-state index in [2.05, 4.69) is 10.0 Å². The van der Waals surface area contributed by atoms with E-state index in [1.165, 1.54) is 0 Å². The quantitative estimate of drug-likeness (QED) is 0.444. The fourth-order valence-corrected chi connectivity index (χ4v) is 2.14. The van der Waals surface area contributed by atoms with Crippen molar-refractivity contribution in [3.05, 3.63) is 10.4 Å². The number of hydrogen-bond donors (Lipinski definition) is 1. The number of rotatable bonds is 3. The number of carbonyl (C=O) groups is 1. The first-order chi connectivity index (χ1) is 7.94. The van der Waals surface area contributed by atoms with Gasteiger partial charge < -0.3 is 19.3 Å². The number of hydrogen-bond acceptors (Lipinski definition) is 5. The van der Waals surface area contributed by atoms with Crippen LogP contribution in [0.1, 0.15) is 13.8 Å². The van der Waals surface area contributed by atoms with E-state index in [1.807, 2.05) is 0 Å². The van der Waals surface area contributed by atoms with E-state index in [-0.39, 0.29) is 6.54 Å². The van der Waals surface area contributed by atoms with E-state index in [9.17, 15) is 4.79 Å². The minimum absolute atomic E-state index is 0.0287. The van der Waals surface area contributed by atoms with Crippen LogP contribution >= 0.6 is 0 Å². The molecule has 2 aliphatic heterocycles. The summed E-state index contributed by atoms with van der Waals surface area (Å²) in [6, 6.07) is 0. The molecule has 1 N–H and O–H groups in total. The first-order valence-electron chi connectivity index (χ1n) is 5.19. The van der Waals surface area contributed by atoms with E-state index in [4.69, 9.17) is 24.8 Å². The zero-order valence-electron chi connectivity index (χ0n) is 9.44. The van der Waals surface area contributed by atoms with Gasteiger partial charge in [0.25, 0.3) is 0 Å². The molecule has 4 atom stereocenters. The second-order valence-corrected chi connectivity index (χ2v) is 4.41. The first kappa shape index (κ1) is 12.1. The lowest BCUT2D eigenvalue weighted by Crippen LogP contribution is -2.35. The molecular formula is C9H13N3O5. The van der Waals surface area contributed by atoms with E-state index >= 15 is 0 Å². The summed E-state index contributed by atoms with van der Waals surface area (Å²) in [6.07, 6.45) is -2.85. The molecular weight excluding hydrogens is 230 g/mol. The maximum atomic E-state index is 11.0. The van der Waals surface area contributed by atoms with Crippen molar-refractivity contribution in [2.75, 3.05) is 6.54 Å². The van der Waals surface area contributed by atoms with Gasteiger partial charge in [-0.25, -0.2) is 4.79 Å². The monoisotopic (exact) mass is 243 g/mol. The molecule has 0 saturated carbocycles. The highest BCUT2D eigenvalue weighted by Crippen LogP contribution is 2.38. The molecule has 0 aromatic rings. The van der Waals surface area contributed by atoms with Crippen molar-refractivity contribution in [3.8, 4) is 0 Å². The highest BCUT2D eigenvalue weighted by molar-refractivity contribution is 5.74. The van der Waals surface area contributed by atoms with Crippen LogP contribution in [-0.2, 0) is 19.0 Å². The molecule has 0 radical (unpaired) electrons. The molecule has 0 bridgehead atoms. The topological polar surface area (TPSA) is 114 Å². The standard InChI is InChI=1S/C9H13N3O5/c1-9(2)16-5-4(3-11-12-10)15-7(8(13)14)6(5)17-9/h4-7H,3H2,1-2H3,(H,13,14)/t4-,5-,6-,7-/m0/s1. The van der Waals surface area contributed by atoms with Gasteiger partial charge in [-0.1, -0.05) is 5.11 Å². The van der Waals surface area contributed by atoms with Gasteiger partial charge >= 0.3 is 5.97 Å². The molecule has 8 heteroatoms. The Bertz CT molecular complexity index is 379. The predicted molar refractivity (Wildman–Crippen MR) is 54.1 cm³/mol. The molecule has 0 aromatic heterocycles. The van der Waals surface area contributed by atoms with Gasteiger partial charge in [-0.15, -0.1) is 0 Å². The van der Waals surface area contributed by atoms with Gasteiger partial charge in [0.05, 0.1) is 12.6 Å². The van der Waals surface area contributed by atoms with E-state index in [0.717, 1.165) is 0 Å². The highest BCUT2D eigenvalue weighted by atomic mass is 16.8. The van der Waals surface area contributed by atoms with Crippen LogP contribution in [0.4, 0.5) is 0 Å². The molecule has 0 spiro atoms. The minimum atomic E-state index is -1.11. The predicted octanol–water partition coefficient (Wildman–Crippen LogP) is 0.669. The molecule has 0 unspecified atom stereocenters. The van der Waals surface area contributed by atoms with Crippen molar-refractivity contribution in [1.82, 2.24) is 0 Å². The number of nitrogens with zero attached hydrogens (tertiary/aromatic N) is 3. The lowest BCUT2D eigenvalue weighted by atomic mass is 10.1. The maximum absolute atomic E-state index is 11.0. The van der Waals surface area contributed by atoms with Crippen molar-refractivity contribution in [1.29, 1.82) is 0 Å². The zero-order chi connectivity index (χ0) is 12.6. The fraction of sp³-hybridized carbons (Fsp3) is 0.889. The maximum Gasteiger partial charge on any atom is 0.335 e. The molecule has 2 saturated heterocycles. The zero-order valence-corrected chi connectivity index (χ0v) is 9.44. The Labute approximate surface area is 97.1 Å². The van der Waals surface area contributed by atoms with Gasteiger partial charge in [-0.2, -0.15) is 0 Å². The van der Waals surface area contributed by atoms with E-state index in [0.29, 0.717) is 0 Å². The lowest BCUT2D eigenvalue weighted by Gasteiger charge is -2.22. The number of carboxylic acids is 1. The van der Waals surface area contributed by atoms with Crippen LogP contribution in [0.2, 0.25) is 0 Å². The summed E-state index contributed by atoms with van der Waals surface area (Å²) in [5, 5.41) is 12.4. The molecule has 94 valence electrons. The first-order valence-corrected chi connectivity index (χ1v) is 5.19. The Kier molecular flexibility index (Phi) is 2.96. The van der Waals surface area contributed by atoms with Gasteiger partial charge in [0.15, 0.2) is 11.9 Å². The summed E-state index contributed by atoms with van der Waals surface area (Å²) in [6.45, 7) is 3.44. The van der Waals surface area contributed by atoms with E-state index < -0.39 is 36.2 Å². The molecule has 0 amide bonds. The third-order valence-electron chi connectivity index (χ3n) is 2.72. The van der Waals surface area contributed by atoms with Gasteiger partial charge in [-0.05, 0) is 19.4 Å². The summed E-state index contributed by atoms with van der Waals surface area (Å²) in [5.41, 5.74) is 8.26. The van der Waals surface area contributed by atoms with Crippen LogP contribution in [0.15, 0.2) is 5.11 Å². The number of aliphatic carboxylic acids is 1. The summed E-state index contributed by atoms with van der Waals surface area (Å²) < 4.78 is 16.3. The number of carboxylic acid groups (broad SMARTS) is 1. The van der Waals surface area contributed by atoms with Crippen molar-refractivity contribution < 1.29 is 24.1 Å². The smallest absolute Gasteiger partial charge is 0.335 e. The molecule has 2 fully saturated rings. The molecule has 2 heterocycles. The van der Waals surface area contributed by atoms with Crippen molar-refractivity contribution in [3.63, 3.8) is 0 Å². The number of fused-ring (bicyclic) bond motifs is 1. The summed E-state index contributed by atoms with van der Waals surface area (Å²) >= 11 is 0. The van der Waals surface area contributed by atoms with Gasteiger partial charge in [0.2, 0.25) is 0 Å². The van der Waals surface area contributed by atoms with Crippen LogP contribution in [0.5, 0.6) is 0 Å². The van der Waals surface area contributed by atoms with Crippen LogP contribution in [0.25, 0.3) is 10.4 Å². The van der Waals surface area contributed by atoms with Gasteiger partial charge in [0.1, 0.15) is 12.2 Å². The van der Waals surface area contributed by atoms with Crippen LogP contribution < -0.4 is 0 Å². The SMILES string of the molecule is CC1(C)O[C@@H]2[C@H](O1)[C@@H](C(=O)O)O[C@H]2CN=[N+]=[N-]. The Morgan fingerprint density at radius 1 is 1.47 bits per heavy atom. The average Bonchev–Trinajstić information content (AvgIpc) is 2.68. The Morgan fingerprint density at radius 3 is 2.71 bits per heavy atom. The third kappa shape index (κ3) is 2.20. The molecule has 17 heavy (non-hydrogen) atoms. The third-order valence-corrected chi connectivity index (χ3v) is 2.72. The Balaban J connectivity index is 2.17. The van der Waals surface area contributed by atoms with Crippen LogP contribution in [-0.4, -0.2) is 47.8 Å². The van der Waals surface area contributed by atoms with Gasteiger partial charge in [-0.3, -0.25) is 0 Å². The summed E-state index contributed by atoms with van der Waals surface area (Å²) in [7, 11) is 0. The average molecular weight is 243 g/mol. The second kappa shape index (κ2) is 4.15. The van der Waals surface area contributed by atoms with Crippen molar-refractivity contribution in [2.45, 2.75) is 44.1 Å². The molecule has 0 aliphatic carbocycles. The molecule has 2 aliphatic rings. The lowest BCUT2D eigenvalue weighted by molar-refractivity contribution is -0.193. The van der Waals surface area contributed by atoms with E-state index in [1.54, 1.807) is 13.8 Å². The molecule has 0 aromatic carbocycles. The minimum Gasteiger partial charge on any atom is -0.479 e. The largest absolute Gasteiger partial charge is 0.479 e. The Hall–Kier alpha value is -1.34. The molecule has 2 rings (SSSR count).